The van der Waals surface area contributed by atoms with Crippen LogP contribution < -0.4 is 9.89 Å². The number of allylic oxidation sites excluding steroid dienone is 1. The number of thiophene rings is 1. The van der Waals surface area contributed by atoms with E-state index in [4.69, 9.17) is 0 Å². The first-order chi connectivity index (χ1) is 4.36. The molecule has 0 saturated carbocycles. The van der Waals surface area contributed by atoms with Gasteiger partial charge in [0.2, 0.25) is 0 Å². The topological polar surface area (TPSA) is 12.4 Å². The highest BCUT2D eigenvalue weighted by atomic mass is 32.1. The molecular weight excluding hydrogens is 130 g/mol. The van der Waals surface area contributed by atoms with Gasteiger partial charge in [0.05, 0.1) is 5.70 Å². The molecule has 0 spiro atoms. The summed E-state index contributed by atoms with van der Waals surface area (Å²) in [5.74, 6) is 0. The van der Waals surface area contributed by atoms with Crippen molar-refractivity contribution in [2.75, 3.05) is 0 Å². The Morgan fingerprint density at radius 1 is 1.56 bits per heavy atom. The van der Waals surface area contributed by atoms with Crippen molar-refractivity contribution < 1.29 is 0 Å². The molecule has 0 amide bonds. The van der Waals surface area contributed by atoms with Gasteiger partial charge in [0.1, 0.15) is 4.67 Å². The fraction of sp³-hybridized carbons (Fsp3) is 0. The van der Waals surface area contributed by atoms with E-state index in [1.807, 2.05) is 11.5 Å². The smallest absolute Gasteiger partial charge is 0.123 e. The Kier molecular flexibility index (Phi) is 0.848. The summed E-state index contributed by atoms with van der Waals surface area (Å²) in [4.78, 5) is 4.18. The third-order valence-electron chi connectivity index (χ3n) is 1.24. The maximum Gasteiger partial charge on any atom is 0.123 e. The first-order valence-corrected chi connectivity index (χ1v) is 3.57. The van der Waals surface area contributed by atoms with Crippen LogP contribution in [-0.2, 0) is 0 Å². The summed E-state index contributed by atoms with van der Waals surface area (Å²) < 4.78 is 1.10. The van der Waals surface area contributed by atoms with E-state index in [0.717, 1.165) is 10.4 Å². The van der Waals surface area contributed by atoms with Crippen molar-refractivity contribution >= 4 is 17.4 Å². The summed E-state index contributed by atoms with van der Waals surface area (Å²) in [5, 5.41) is 3.25. The van der Waals surface area contributed by atoms with Gasteiger partial charge in [-0.1, -0.05) is 6.58 Å². The van der Waals surface area contributed by atoms with Gasteiger partial charge in [-0.05, 0) is 17.5 Å². The zero-order valence-corrected chi connectivity index (χ0v) is 5.61. The highest BCUT2D eigenvalue weighted by molar-refractivity contribution is 7.07. The molecule has 0 bridgehead atoms. The van der Waals surface area contributed by atoms with Crippen molar-refractivity contribution in [2.24, 2.45) is 4.99 Å². The molecule has 2 heteroatoms. The molecule has 1 nitrogen and oxygen atoms in total. The lowest BCUT2D eigenvalue weighted by Gasteiger charge is -1.74. The molecule has 44 valence electrons. The average Bonchev–Trinajstić information content (AvgIpc) is 2.22. The van der Waals surface area contributed by atoms with Gasteiger partial charge in [0.15, 0.2) is 0 Å². The Morgan fingerprint density at radius 3 is 3.22 bits per heavy atom. The zero-order valence-electron chi connectivity index (χ0n) is 4.79. The summed E-state index contributed by atoms with van der Waals surface area (Å²) in [6.45, 7) is 3.73. The van der Waals surface area contributed by atoms with Crippen molar-refractivity contribution in [1.82, 2.24) is 0 Å². The minimum absolute atomic E-state index is 0.872. The van der Waals surface area contributed by atoms with Gasteiger partial charge in [0.25, 0.3) is 0 Å². The lowest BCUT2D eigenvalue weighted by atomic mass is 10.4. The van der Waals surface area contributed by atoms with Gasteiger partial charge in [-0.2, -0.15) is 0 Å². The Morgan fingerprint density at radius 2 is 2.44 bits per heavy atom. The maximum absolute atomic E-state index is 4.18. The second-order valence-corrected chi connectivity index (χ2v) is 2.82. The van der Waals surface area contributed by atoms with E-state index in [1.54, 1.807) is 11.3 Å². The summed E-state index contributed by atoms with van der Waals surface area (Å²) in [6.07, 6.45) is 1.99. The zero-order chi connectivity index (χ0) is 6.27. The van der Waals surface area contributed by atoms with Crippen LogP contribution in [0.1, 0.15) is 0 Å². The minimum Gasteiger partial charge on any atom is -0.238 e. The number of hydrogen-bond acceptors (Lipinski definition) is 2. The summed E-state index contributed by atoms with van der Waals surface area (Å²) >= 11 is 1.66. The summed E-state index contributed by atoms with van der Waals surface area (Å²) in [6, 6.07) is 2.06. The van der Waals surface area contributed by atoms with E-state index in [-0.39, 0.29) is 0 Å². The molecule has 0 radical (unpaired) electrons. The molecule has 1 aliphatic heterocycles. The van der Waals surface area contributed by atoms with E-state index in [2.05, 4.69) is 17.6 Å². The van der Waals surface area contributed by atoms with Crippen molar-refractivity contribution in [3.05, 3.63) is 33.6 Å². The van der Waals surface area contributed by atoms with Gasteiger partial charge < -0.3 is 0 Å². The molecule has 2 heterocycles. The number of rotatable bonds is 0. The molecular formula is C7H5NS. The van der Waals surface area contributed by atoms with Crippen molar-refractivity contribution in [2.45, 2.75) is 0 Å². The van der Waals surface area contributed by atoms with Gasteiger partial charge in [0, 0.05) is 5.22 Å². The van der Waals surface area contributed by atoms with Crippen LogP contribution in [0.15, 0.2) is 28.7 Å². The van der Waals surface area contributed by atoms with Gasteiger partial charge in [-0.3, -0.25) is 0 Å². The lowest BCUT2D eigenvalue weighted by molar-refractivity contribution is 1.41. The molecule has 2 rings (SSSR count). The molecule has 9 heavy (non-hydrogen) atoms. The molecule has 0 N–H and O–H groups in total. The van der Waals surface area contributed by atoms with E-state index in [9.17, 15) is 0 Å². The normalized spacial score (nSPS) is 14.4. The molecule has 1 aromatic rings. The van der Waals surface area contributed by atoms with Crippen LogP contribution in [0.2, 0.25) is 0 Å². The van der Waals surface area contributed by atoms with Crippen LogP contribution in [0, 0.1) is 0 Å². The number of hydrogen-bond donors (Lipinski definition) is 0. The van der Waals surface area contributed by atoms with E-state index in [0.29, 0.717) is 0 Å². The Labute approximate surface area is 56.7 Å². The molecule has 0 fully saturated rings. The van der Waals surface area contributed by atoms with Gasteiger partial charge in [-0.15, -0.1) is 11.3 Å². The van der Waals surface area contributed by atoms with E-state index >= 15 is 0 Å². The quantitative estimate of drug-likeness (QED) is 0.496. The SMILES string of the molecule is C=C1C=c2ccsc2=N1. The third-order valence-corrected chi connectivity index (χ3v) is 2.06. The van der Waals surface area contributed by atoms with Crippen LogP contribution in [0.5, 0.6) is 0 Å². The second kappa shape index (κ2) is 1.54. The fourth-order valence-corrected chi connectivity index (χ4v) is 1.63. The van der Waals surface area contributed by atoms with Crippen LogP contribution in [0.3, 0.4) is 0 Å². The largest absolute Gasteiger partial charge is 0.238 e. The molecule has 0 saturated heterocycles. The maximum atomic E-state index is 4.18. The highest BCUT2D eigenvalue weighted by Crippen LogP contribution is 1.97. The average molecular weight is 135 g/mol. The first-order valence-electron chi connectivity index (χ1n) is 2.69. The minimum atomic E-state index is 0.872. The van der Waals surface area contributed by atoms with Crippen LogP contribution in [0.25, 0.3) is 6.08 Å². The molecule has 0 aromatic carbocycles. The van der Waals surface area contributed by atoms with Crippen molar-refractivity contribution in [1.29, 1.82) is 0 Å². The molecule has 0 atom stereocenters. The fourth-order valence-electron chi connectivity index (χ4n) is 0.854. The van der Waals surface area contributed by atoms with Crippen molar-refractivity contribution in [3.8, 4) is 0 Å². The van der Waals surface area contributed by atoms with E-state index in [1.165, 1.54) is 5.22 Å². The monoisotopic (exact) mass is 135 g/mol. The predicted octanol–water partition coefficient (Wildman–Crippen LogP) is 0.675. The Hall–Kier alpha value is -0.890. The van der Waals surface area contributed by atoms with Crippen LogP contribution in [-0.4, -0.2) is 0 Å². The molecule has 0 aliphatic carbocycles. The summed E-state index contributed by atoms with van der Waals surface area (Å²) in [7, 11) is 0. The standard InChI is InChI=1S/C7H5NS/c1-5-4-6-2-3-9-7(6)8-5/h2-4H,1H2. The number of nitrogens with zero attached hydrogens (tertiary/aromatic N) is 1. The lowest BCUT2D eigenvalue weighted by Crippen LogP contribution is -2.12. The highest BCUT2D eigenvalue weighted by Gasteiger charge is 1.96. The molecule has 1 aromatic heterocycles. The van der Waals surface area contributed by atoms with Crippen LogP contribution >= 0.6 is 11.3 Å². The Balaban J connectivity index is 3.01. The van der Waals surface area contributed by atoms with Crippen molar-refractivity contribution in [3.63, 3.8) is 0 Å². The predicted molar refractivity (Wildman–Crippen MR) is 38.7 cm³/mol. The molecule has 0 unspecified atom stereocenters. The van der Waals surface area contributed by atoms with Crippen LogP contribution in [0.4, 0.5) is 0 Å². The van der Waals surface area contributed by atoms with E-state index < -0.39 is 0 Å². The first kappa shape index (κ1) is 4.94. The summed E-state index contributed by atoms with van der Waals surface area (Å²) in [5.41, 5.74) is 0.872. The number of fused-ring (bicyclic) bond motifs is 1. The Bertz CT molecular complexity index is 326. The third kappa shape index (κ3) is 0.634. The molecule has 1 aliphatic rings. The van der Waals surface area contributed by atoms with Gasteiger partial charge >= 0.3 is 0 Å². The van der Waals surface area contributed by atoms with Gasteiger partial charge in [-0.25, -0.2) is 4.99 Å². The second-order valence-electron chi connectivity index (χ2n) is 1.93.